The SMILES string of the molecule is Cl.NCC[C@@H]1CCC[C@H]1O. The highest BCUT2D eigenvalue weighted by Crippen LogP contribution is 2.27. The van der Waals surface area contributed by atoms with Crippen molar-refractivity contribution in [3.8, 4) is 0 Å². The molecule has 0 aromatic carbocycles. The van der Waals surface area contributed by atoms with E-state index in [2.05, 4.69) is 0 Å². The summed E-state index contributed by atoms with van der Waals surface area (Å²) >= 11 is 0. The summed E-state index contributed by atoms with van der Waals surface area (Å²) in [6, 6.07) is 0. The average Bonchev–Trinajstić information content (AvgIpc) is 2.18. The van der Waals surface area contributed by atoms with Crippen molar-refractivity contribution in [1.82, 2.24) is 0 Å². The molecule has 10 heavy (non-hydrogen) atoms. The van der Waals surface area contributed by atoms with E-state index in [-0.39, 0.29) is 18.5 Å². The lowest BCUT2D eigenvalue weighted by Crippen LogP contribution is -2.16. The van der Waals surface area contributed by atoms with Gasteiger partial charge in [0.05, 0.1) is 6.10 Å². The first-order chi connectivity index (χ1) is 4.34. The molecule has 1 saturated carbocycles. The number of halogens is 1. The Morgan fingerprint density at radius 2 is 2.10 bits per heavy atom. The number of nitrogens with two attached hydrogens (primary N) is 1. The Kier molecular flexibility index (Phi) is 5.04. The monoisotopic (exact) mass is 165 g/mol. The smallest absolute Gasteiger partial charge is 0.0568 e. The van der Waals surface area contributed by atoms with Gasteiger partial charge in [0.15, 0.2) is 0 Å². The van der Waals surface area contributed by atoms with Gasteiger partial charge < -0.3 is 10.8 Å². The number of rotatable bonds is 2. The van der Waals surface area contributed by atoms with Crippen LogP contribution in [0.4, 0.5) is 0 Å². The molecule has 3 heteroatoms. The molecule has 0 aliphatic heterocycles. The number of hydrogen-bond acceptors (Lipinski definition) is 2. The van der Waals surface area contributed by atoms with Crippen LogP contribution in [0.1, 0.15) is 25.7 Å². The molecular weight excluding hydrogens is 150 g/mol. The molecule has 0 spiro atoms. The normalized spacial score (nSPS) is 31.8. The topological polar surface area (TPSA) is 46.2 Å². The molecule has 1 rings (SSSR count). The van der Waals surface area contributed by atoms with Crippen molar-refractivity contribution in [2.75, 3.05) is 6.54 Å². The van der Waals surface area contributed by atoms with Crippen molar-refractivity contribution in [3.05, 3.63) is 0 Å². The fraction of sp³-hybridized carbons (Fsp3) is 1.00. The largest absolute Gasteiger partial charge is 0.393 e. The molecule has 3 N–H and O–H groups in total. The molecule has 0 amide bonds. The summed E-state index contributed by atoms with van der Waals surface area (Å²) < 4.78 is 0. The summed E-state index contributed by atoms with van der Waals surface area (Å²) in [6.07, 6.45) is 4.31. The first kappa shape index (κ1) is 10.2. The van der Waals surface area contributed by atoms with Crippen molar-refractivity contribution in [2.45, 2.75) is 31.8 Å². The molecule has 0 heterocycles. The van der Waals surface area contributed by atoms with Gasteiger partial charge in [-0.15, -0.1) is 12.4 Å². The molecule has 0 unspecified atom stereocenters. The lowest BCUT2D eigenvalue weighted by atomic mass is 10.0. The van der Waals surface area contributed by atoms with Gasteiger partial charge in [0.1, 0.15) is 0 Å². The van der Waals surface area contributed by atoms with E-state index in [1.54, 1.807) is 0 Å². The van der Waals surface area contributed by atoms with E-state index in [0.29, 0.717) is 5.92 Å². The highest BCUT2D eigenvalue weighted by molar-refractivity contribution is 5.85. The third-order valence-corrected chi connectivity index (χ3v) is 2.16. The van der Waals surface area contributed by atoms with E-state index in [1.165, 1.54) is 12.8 Å². The van der Waals surface area contributed by atoms with Crippen LogP contribution in [-0.4, -0.2) is 17.8 Å². The van der Waals surface area contributed by atoms with Crippen LogP contribution in [0.2, 0.25) is 0 Å². The molecule has 0 bridgehead atoms. The molecule has 0 saturated heterocycles. The predicted molar refractivity (Wildman–Crippen MR) is 44.3 cm³/mol. The third kappa shape index (κ3) is 2.45. The van der Waals surface area contributed by atoms with Gasteiger partial charge in [0.2, 0.25) is 0 Å². The molecule has 1 aliphatic carbocycles. The molecular formula is C7H16ClNO. The number of aliphatic hydroxyl groups is 1. The van der Waals surface area contributed by atoms with Crippen molar-refractivity contribution < 1.29 is 5.11 Å². The van der Waals surface area contributed by atoms with Crippen molar-refractivity contribution >= 4 is 12.4 Å². The highest BCUT2D eigenvalue weighted by atomic mass is 35.5. The van der Waals surface area contributed by atoms with Crippen LogP contribution in [0.15, 0.2) is 0 Å². The van der Waals surface area contributed by atoms with Crippen molar-refractivity contribution in [2.24, 2.45) is 11.7 Å². The molecule has 1 fully saturated rings. The maximum atomic E-state index is 9.26. The van der Waals surface area contributed by atoms with E-state index >= 15 is 0 Å². The summed E-state index contributed by atoms with van der Waals surface area (Å²) in [6.45, 7) is 0.724. The highest BCUT2D eigenvalue weighted by Gasteiger charge is 2.23. The summed E-state index contributed by atoms with van der Waals surface area (Å²) in [4.78, 5) is 0. The summed E-state index contributed by atoms with van der Waals surface area (Å²) in [5.41, 5.74) is 5.36. The van der Waals surface area contributed by atoms with Crippen LogP contribution in [-0.2, 0) is 0 Å². The van der Waals surface area contributed by atoms with Gasteiger partial charge in [-0.1, -0.05) is 6.42 Å². The molecule has 0 aromatic rings. The third-order valence-electron chi connectivity index (χ3n) is 2.16. The molecule has 0 radical (unpaired) electrons. The average molecular weight is 166 g/mol. The molecule has 2 nitrogen and oxygen atoms in total. The summed E-state index contributed by atoms with van der Waals surface area (Å²) in [5, 5.41) is 9.26. The van der Waals surface area contributed by atoms with Crippen molar-refractivity contribution in [1.29, 1.82) is 0 Å². The Bertz CT molecular complexity index is 89.7. The molecule has 1 aliphatic rings. The van der Waals surface area contributed by atoms with Gasteiger partial charge in [-0.05, 0) is 31.7 Å². The minimum absolute atomic E-state index is 0. The molecule has 2 atom stereocenters. The Morgan fingerprint density at radius 3 is 2.50 bits per heavy atom. The second-order valence-electron chi connectivity index (χ2n) is 2.84. The van der Waals surface area contributed by atoms with E-state index in [4.69, 9.17) is 5.73 Å². The lowest BCUT2D eigenvalue weighted by Gasteiger charge is -2.11. The lowest BCUT2D eigenvalue weighted by molar-refractivity contribution is 0.129. The minimum atomic E-state index is -0.0476. The second-order valence-corrected chi connectivity index (χ2v) is 2.84. The van der Waals surface area contributed by atoms with E-state index in [1.807, 2.05) is 0 Å². The van der Waals surface area contributed by atoms with E-state index < -0.39 is 0 Å². The van der Waals surface area contributed by atoms with Crippen molar-refractivity contribution in [3.63, 3.8) is 0 Å². The van der Waals surface area contributed by atoms with Gasteiger partial charge >= 0.3 is 0 Å². The van der Waals surface area contributed by atoms with Gasteiger partial charge in [0.25, 0.3) is 0 Å². The Morgan fingerprint density at radius 1 is 1.40 bits per heavy atom. The molecule has 0 aromatic heterocycles. The van der Waals surface area contributed by atoms with Gasteiger partial charge in [0, 0.05) is 0 Å². The summed E-state index contributed by atoms with van der Waals surface area (Å²) in [5.74, 6) is 0.509. The fourth-order valence-corrected chi connectivity index (χ4v) is 1.57. The van der Waals surface area contributed by atoms with E-state index in [0.717, 1.165) is 19.4 Å². The Hall–Kier alpha value is 0.210. The van der Waals surface area contributed by atoms with Gasteiger partial charge in [-0.3, -0.25) is 0 Å². The molecule has 62 valence electrons. The zero-order valence-corrected chi connectivity index (χ0v) is 6.94. The van der Waals surface area contributed by atoms with Crippen LogP contribution < -0.4 is 5.73 Å². The van der Waals surface area contributed by atoms with E-state index in [9.17, 15) is 5.11 Å². The van der Waals surface area contributed by atoms with Crippen LogP contribution in [0, 0.1) is 5.92 Å². The number of hydrogen-bond donors (Lipinski definition) is 2. The second kappa shape index (κ2) is 4.94. The predicted octanol–water partition coefficient (Wildman–Crippen LogP) is 0.918. The zero-order chi connectivity index (χ0) is 6.69. The summed E-state index contributed by atoms with van der Waals surface area (Å²) in [7, 11) is 0. The first-order valence-electron chi connectivity index (χ1n) is 3.72. The van der Waals surface area contributed by atoms with Crippen LogP contribution in [0.5, 0.6) is 0 Å². The van der Waals surface area contributed by atoms with Gasteiger partial charge in [-0.2, -0.15) is 0 Å². The standard InChI is InChI=1S/C7H15NO.ClH/c8-5-4-6-2-1-3-7(6)9;/h6-7,9H,1-5,8H2;1H/t6-,7+;/m0./s1. The fourth-order valence-electron chi connectivity index (χ4n) is 1.57. The Balaban J connectivity index is 0.000000810. The maximum Gasteiger partial charge on any atom is 0.0568 e. The van der Waals surface area contributed by atoms with Crippen LogP contribution >= 0.6 is 12.4 Å². The number of aliphatic hydroxyl groups excluding tert-OH is 1. The first-order valence-corrected chi connectivity index (χ1v) is 3.72. The van der Waals surface area contributed by atoms with Crippen LogP contribution in [0.25, 0.3) is 0 Å². The maximum absolute atomic E-state index is 9.26. The zero-order valence-electron chi connectivity index (χ0n) is 6.12. The quantitative estimate of drug-likeness (QED) is 0.639. The van der Waals surface area contributed by atoms with Gasteiger partial charge in [-0.25, -0.2) is 0 Å². The minimum Gasteiger partial charge on any atom is -0.393 e. The van der Waals surface area contributed by atoms with Crippen LogP contribution in [0.3, 0.4) is 0 Å². The Labute approximate surface area is 68.2 Å².